The first-order valence-corrected chi connectivity index (χ1v) is 9.71. The third-order valence-electron chi connectivity index (χ3n) is 4.83. The fourth-order valence-corrected chi connectivity index (χ4v) is 3.64. The number of fused-ring (bicyclic) bond motifs is 1. The van der Waals surface area contributed by atoms with Gasteiger partial charge in [0.05, 0.1) is 10.5 Å². The van der Waals surface area contributed by atoms with Gasteiger partial charge in [-0.25, -0.2) is 9.97 Å². The minimum Gasteiger partial charge on any atom is -0.388 e. The molecular formula is C24H21ClN4. The first-order chi connectivity index (χ1) is 14.1. The van der Waals surface area contributed by atoms with Crippen LogP contribution in [0.2, 0.25) is 5.02 Å². The van der Waals surface area contributed by atoms with Gasteiger partial charge in [-0.2, -0.15) is 0 Å². The van der Waals surface area contributed by atoms with Crippen LogP contribution < -0.4 is 10.6 Å². The van der Waals surface area contributed by atoms with E-state index in [1.165, 1.54) is 0 Å². The highest BCUT2D eigenvalue weighted by Gasteiger charge is 2.14. The van der Waals surface area contributed by atoms with Gasteiger partial charge in [-0.1, -0.05) is 54.6 Å². The van der Waals surface area contributed by atoms with E-state index in [1.54, 1.807) is 0 Å². The molecule has 0 saturated heterocycles. The van der Waals surface area contributed by atoms with Gasteiger partial charge < -0.3 is 10.6 Å². The molecule has 1 heterocycles. The Morgan fingerprint density at radius 2 is 1.69 bits per heavy atom. The molecule has 0 atom stereocenters. The summed E-state index contributed by atoms with van der Waals surface area (Å²) in [6, 6.07) is 21.6. The molecule has 0 bridgehead atoms. The standard InChI is InChI=1S/C24H21ClN4/c1-15-9-8-14-21(26-3)22(15)16(2)27-24-18-11-5-7-13-20(18)28-23(29-24)17-10-4-6-12-19(17)25/h4-14,26H,2H2,1,3H3,(H,27,28,29). The summed E-state index contributed by atoms with van der Waals surface area (Å²) in [5.41, 5.74) is 5.55. The summed E-state index contributed by atoms with van der Waals surface area (Å²) >= 11 is 6.40. The first kappa shape index (κ1) is 19.0. The summed E-state index contributed by atoms with van der Waals surface area (Å²) in [7, 11) is 1.90. The molecule has 5 heteroatoms. The largest absolute Gasteiger partial charge is 0.388 e. The molecule has 0 radical (unpaired) electrons. The average Bonchev–Trinajstić information content (AvgIpc) is 2.73. The van der Waals surface area contributed by atoms with Crippen molar-refractivity contribution in [2.45, 2.75) is 6.92 Å². The second-order valence-electron chi connectivity index (χ2n) is 6.74. The molecule has 0 aliphatic rings. The molecule has 29 heavy (non-hydrogen) atoms. The summed E-state index contributed by atoms with van der Waals surface area (Å²) in [6.07, 6.45) is 0. The Morgan fingerprint density at radius 1 is 0.931 bits per heavy atom. The smallest absolute Gasteiger partial charge is 0.163 e. The van der Waals surface area contributed by atoms with Gasteiger partial charge in [-0.05, 0) is 42.8 Å². The fraction of sp³-hybridized carbons (Fsp3) is 0.0833. The van der Waals surface area contributed by atoms with Crippen molar-refractivity contribution in [3.8, 4) is 11.4 Å². The van der Waals surface area contributed by atoms with Crippen molar-refractivity contribution < 1.29 is 0 Å². The Hall–Kier alpha value is -3.37. The third-order valence-corrected chi connectivity index (χ3v) is 5.16. The van der Waals surface area contributed by atoms with Gasteiger partial charge in [0, 0.05) is 34.9 Å². The van der Waals surface area contributed by atoms with E-state index in [2.05, 4.69) is 30.2 Å². The maximum atomic E-state index is 6.40. The quantitative estimate of drug-likeness (QED) is 0.408. The molecule has 0 fully saturated rings. The van der Waals surface area contributed by atoms with Crippen LogP contribution in [0.25, 0.3) is 28.0 Å². The van der Waals surface area contributed by atoms with Crippen molar-refractivity contribution in [1.82, 2.24) is 9.97 Å². The molecule has 0 spiro atoms. The van der Waals surface area contributed by atoms with E-state index >= 15 is 0 Å². The highest BCUT2D eigenvalue weighted by atomic mass is 35.5. The lowest BCUT2D eigenvalue weighted by Crippen LogP contribution is -2.06. The zero-order chi connectivity index (χ0) is 20.4. The van der Waals surface area contributed by atoms with Crippen LogP contribution >= 0.6 is 11.6 Å². The molecule has 0 amide bonds. The lowest BCUT2D eigenvalue weighted by atomic mass is 10.0. The van der Waals surface area contributed by atoms with Crippen LogP contribution in [0.5, 0.6) is 0 Å². The zero-order valence-corrected chi connectivity index (χ0v) is 17.1. The van der Waals surface area contributed by atoms with Crippen LogP contribution in [0.3, 0.4) is 0 Å². The molecule has 3 aromatic carbocycles. The van der Waals surface area contributed by atoms with Gasteiger partial charge in [-0.15, -0.1) is 0 Å². The fourth-order valence-electron chi connectivity index (χ4n) is 3.42. The third kappa shape index (κ3) is 3.67. The Balaban J connectivity index is 1.84. The molecule has 1 aromatic heterocycles. The van der Waals surface area contributed by atoms with Gasteiger partial charge in [0.25, 0.3) is 0 Å². The number of nitrogens with one attached hydrogen (secondary N) is 2. The number of anilines is 2. The van der Waals surface area contributed by atoms with E-state index in [1.807, 2.05) is 67.7 Å². The molecule has 0 aliphatic heterocycles. The maximum absolute atomic E-state index is 6.40. The van der Waals surface area contributed by atoms with Crippen LogP contribution in [0.1, 0.15) is 11.1 Å². The topological polar surface area (TPSA) is 49.8 Å². The predicted molar refractivity (Wildman–Crippen MR) is 123 cm³/mol. The second kappa shape index (κ2) is 7.94. The number of aryl methyl sites for hydroxylation is 1. The van der Waals surface area contributed by atoms with E-state index in [0.29, 0.717) is 16.7 Å². The number of aromatic nitrogens is 2. The highest BCUT2D eigenvalue weighted by molar-refractivity contribution is 6.33. The van der Waals surface area contributed by atoms with Crippen LogP contribution in [-0.2, 0) is 0 Å². The molecule has 144 valence electrons. The van der Waals surface area contributed by atoms with E-state index < -0.39 is 0 Å². The Bertz CT molecular complexity index is 1220. The Kier molecular flexibility index (Phi) is 5.19. The molecule has 4 rings (SSSR count). The van der Waals surface area contributed by atoms with Gasteiger partial charge in [-0.3, -0.25) is 0 Å². The van der Waals surface area contributed by atoms with Crippen LogP contribution in [0, 0.1) is 6.92 Å². The van der Waals surface area contributed by atoms with Crippen LogP contribution in [0.15, 0.2) is 73.3 Å². The first-order valence-electron chi connectivity index (χ1n) is 9.34. The van der Waals surface area contributed by atoms with E-state index in [4.69, 9.17) is 21.6 Å². The Labute approximate surface area is 175 Å². The van der Waals surface area contributed by atoms with E-state index in [9.17, 15) is 0 Å². The summed E-state index contributed by atoms with van der Waals surface area (Å²) < 4.78 is 0. The van der Waals surface area contributed by atoms with Crippen molar-refractivity contribution >= 4 is 39.7 Å². The number of rotatable bonds is 5. The predicted octanol–water partition coefficient (Wildman–Crippen LogP) is 6.38. The van der Waals surface area contributed by atoms with Crippen LogP contribution in [0.4, 0.5) is 11.5 Å². The van der Waals surface area contributed by atoms with Gasteiger partial charge in [0.15, 0.2) is 5.82 Å². The van der Waals surface area contributed by atoms with Crippen molar-refractivity contribution in [3.63, 3.8) is 0 Å². The number of hydrogen-bond acceptors (Lipinski definition) is 4. The van der Waals surface area contributed by atoms with Gasteiger partial charge in [0.2, 0.25) is 0 Å². The zero-order valence-electron chi connectivity index (χ0n) is 16.3. The molecule has 2 N–H and O–H groups in total. The molecule has 0 unspecified atom stereocenters. The van der Waals surface area contributed by atoms with Crippen molar-refractivity contribution in [2.75, 3.05) is 17.7 Å². The van der Waals surface area contributed by atoms with Crippen molar-refractivity contribution in [2.24, 2.45) is 0 Å². The van der Waals surface area contributed by atoms with Gasteiger partial charge >= 0.3 is 0 Å². The molecule has 4 nitrogen and oxygen atoms in total. The molecule has 4 aromatic rings. The van der Waals surface area contributed by atoms with Crippen molar-refractivity contribution in [3.05, 3.63) is 89.5 Å². The SMILES string of the molecule is C=C(Nc1nc(-c2ccccc2Cl)nc2ccccc12)c1c(C)cccc1NC. The minimum absolute atomic E-state index is 0.572. The number of benzene rings is 3. The number of hydrogen-bond donors (Lipinski definition) is 2. The number of nitrogens with zero attached hydrogens (tertiary/aromatic N) is 2. The average molecular weight is 401 g/mol. The minimum atomic E-state index is 0.572. The molecule has 0 saturated carbocycles. The van der Waals surface area contributed by atoms with Gasteiger partial charge in [0.1, 0.15) is 5.82 Å². The van der Waals surface area contributed by atoms with Crippen molar-refractivity contribution in [1.29, 1.82) is 0 Å². The normalized spacial score (nSPS) is 10.7. The number of para-hydroxylation sites is 1. The maximum Gasteiger partial charge on any atom is 0.163 e. The number of halogens is 1. The Morgan fingerprint density at radius 3 is 2.48 bits per heavy atom. The van der Waals surface area contributed by atoms with Crippen LogP contribution in [-0.4, -0.2) is 17.0 Å². The second-order valence-corrected chi connectivity index (χ2v) is 7.15. The summed E-state index contributed by atoms with van der Waals surface area (Å²) in [6.45, 7) is 6.34. The van der Waals surface area contributed by atoms with E-state index in [0.717, 1.165) is 39.0 Å². The molecular weight excluding hydrogens is 380 g/mol. The summed E-state index contributed by atoms with van der Waals surface area (Å²) in [5.74, 6) is 1.27. The monoisotopic (exact) mass is 400 g/mol. The molecule has 0 aliphatic carbocycles. The summed E-state index contributed by atoms with van der Waals surface area (Å²) in [4.78, 5) is 9.52. The summed E-state index contributed by atoms with van der Waals surface area (Å²) in [5, 5.41) is 8.19. The lowest BCUT2D eigenvalue weighted by Gasteiger charge is -2.17. The van der Waals surface area contributed by atoms with E-state index in [-0.39, 0.29) is 0 Å². The lowest BCUT2D eigenvalue weighted by molar-refractivity contribution is 1.22. The highest BCUT2D eigenvalue weighted by Crippen LogP contribution is 2.32.